The third-order valence-electron chi connectivity index (χ3n) is 3.41. The molecule has 0 bridgehead atoms. The van der Waals surface area contributed by atoms with Gasteiger partial charge >= 0.3 is 5.97 Å². The molecule has 0 amide bonds. The van der Waals surface area contributed by atoms with Crippen LogP contribution in [0.25, 0.3) is 0 Å². The van der Waals surface area contributed by atoms with Gasteiger partial charge in [-0.1, -0.05) is 63.3 Å². The van der Waals surface area contributed by atoms with Gasteiger partial charge in [0.15, 0.2) is 0 Å². The number of rotatable bonds is 14. The third kappa shape index (κ3) is 16.9. The summed E-state index contributed by atoms with van der Waals surface area (Å²) in [5.41, 5.74) is 0. The van der Waals surface area contributed by atoms with E-state index in [9.17, 15) is 9.90 Å². The molecule has 0 saturated carbocycles. The first kappa shape index (κ1) is 19.9. The van der Waals surface area contributed by atoms with Crippen LogP contribution in [-0.2, 0) is 4.79 Å². The van der Waals surface area contributed by atoms with Crippen molar-refractivity contribution in [3.8, 4) is 0 Å². The summed E-state index contributed by atoms with van der Waals surface area (Å²) in [5.74, 6) is -0.739. The van der Waals surface area contributed by atoms with Crippen molar-refractivity contribution in [2.45, 2.75) is 83.7 Å². The normalized spacial score (nSPS) is 13.2. The maximum atomic E-state index is 10.3. The number of carboxylic acids is 1. The standard InChI is InChI=1S/C18H32O3/c1-2-3-4-5-6-7-8-9-11-14-17(19)15-12-10-13-16-18(20)21/h7-8,11,14,17,19H,2-6,9-10,12-13,15-16H2,1H3,(H,20,21). The SMILES string of the molecule is CCCCCCC=CCC=CC(O)CCCCCC(=O)O. The lowest BCUT2D eigenvalue weighted by atomic mass is 10.1. The van der Waals surface area contributed by atoms with E-state index >= 15 is 0 Å². The number of allylic oxidation sites excluding steroid dienone is 3. The second kappa shape index (κ2) is 15.3. The van der Waals surface area contributed by atoms with E-state index in [-0.39, 0.29) is 6.42 Å². The minimum absolute atomic E-state index is 0.231. The maximum Gasteiger partial charge on any atom is 0.303 e. The fourth-order valence-electron chi connectivity index (χ4n) is 2.12. The molecule has 3 heteroatoms. The van der Waals surface area contributed by atoms with Crippen molar-refractivity contribution in [1.82, 2.24) is 0 Å². The molecule has 0 aliphatic heterocycles. The van der Waals surface area contributed by atoms with E-state index in [0.29, 0.717) is 6.42 Å². The molecule has 0 aliphatic rings. The van der Waals surface area contributed by atoms with Crippen LogP contribution in [0.3, 0.4) is 0 Å². The molecule has 0 aliphatic carbocycles. The van der Waals surface area contributed by atoms with Gasteiger partial charge in [-0.25, -0.2) is 0 Å². The number of carbonyl (C=O) groups is 1. The molecule has 122 valence electrons. The van der Waals surface area contributed by atoms with Gasteiger partial charge in [0.25, 0.3) is 0 Å². The van der Waals surface area contributed by atoms with Gasteiger partial charge in [0.2, 0.25) is 0 Å². The van der Waals surface area contributed by atoms with Gasteiger partial charge in [-0.2, -0.15) is 0 Å². The summed E-state index contributed by atoms with van der Waals surface area (Å²) < 4.78 is 0. The predicted octanol–water partition coefficient (Wildman–Crippen LogP) is 4.86. The lowest BCUT2D eigenvalue weighted by molar-refractivity contribution is -0.137. The molecule has 0 spiro atoms. The van der Waals surface area contributed by atoms with E-state index in [0.717, 1.165) is 32.1 Å². The minimum Gasteiger partial charge on any atom is -0.481 e. The number of hydrogen-bond donors (Lipinski definition) is 2. The Kier molecular flexibility index (Phi) is 14.5. The van der Waals surface area contributed by atoms with E-state index in [1.54, 1.807) is 0 Å². The van der Waals surface area contributed by atoms with Crippen molar-refractivity contribution in [2.75, 3.05) is 0 Å². The minimum atomic E-state index is -0.739. The van der Waals surface area contributed by atoms with E-state index in [1.165, 1.54) is 25.7 Å². The van der Waals surface area contributed by atoms with Crippen LogP contribution >= 0.6 is 0 Å². The Morgan fingerprint density at radius 1 is 1.00 bits per heavy atom. The topological polar surface area (TPSA) is 57.5 Å². The quantitative estimate of drug-likeness (QED) is 0.355. The molecular weight excluding hydrogens is 264 g/mol. The molecule has 0 aromatic rings. The van der Waals surface area contributed by atoms with Crippen LogP contribution in [0.2, 0.25) is 0 Å². The van der Waals surface area contributed by atoms with Gasteiger partial charge in [0, 0.05) is 6.42 Å². The maximum absolute atomic E-state index is 10.3. The number of aliphatic hydroxyl groups excluding tert-OH is 1. The Hall–Kier alpha value is -1.09. The number of carboxylic acid groups (broad SMARTS) is 1. The van der Waals surface area contributed by atoms with E-state index in [4.69, 9.17) is 5.11 Å². The fraction of sp³-hybridized carbons (Fsp3) is 0.722. The zero-order valence-electron chi connectivity index (χ0n) is 13.5. The summed E-state index contributed by atoms with van der Waals surface area (Å²) in [6, 6.07) is 0. The molecule has 0 radical (unpaired) electrons. The highest BCUT2D eigenvalue weighted by Crippen LogP contribution is 2.07. The first-order chi connectivity index (χ1) is 10.2. The molecular formula is C18H32O3. The molecule has 0 heterocycles. The largest absolute Gasteiger partial charge is 0.481 e. The number of aliphatic carboxylic acids is 1. The first-order valence-electron chi connectivity index (χ1n) is 8.38. The smallest absolute Gasteiger partial charge is 0.303 e. The lowest BCUT2D eigenvalue weighted by Crippen LogP contribution is -2.01. The van der Waals surface area contributed by atoms with Gasteiger partial charge in [0.1, 0.15) is 0 Å². The van der Waals surface area contributed by atoms with Crippen LogP contribution < -0.4 is 0 Å². The van der Waals surface area contributed by atoms with Gasteiger partial charge in [-0.3, -0.25) is 4.79 Å². The molecule has 1 unspecified atom stereocenters. The Labute approximate surface area is 129 Å². The lowest BCUT2D eigenvalue weighted by Gasteiger charge is -2.04. The second-order valence-electron chi connectivity index (χ2n) is 5.55. The summed E-state index contributed by atoms with van der Waals surface area (Å²) >= 11 is 0. The summed E-state index contributed by atoms with van der Waals surface area (Å²) in [7, 11) is 0. The molecule has 0 fully saturated rings. The van der Waals surface area contributed by atoms with Crippen molar-refractivity contribution in [1.29, 1.82) is 0 Å². The molecule has 0 aromatic carbocycles. The molecule has 0 aromatic heterocycles. The summed E-state index contributed by atoms with van der Waals surface area (Å²) in [6.45, 7) is 2.22. The summed E-state index contributed by atoms with van der Waals surface area (Å²) in [5, 5.41) is 18.2. The third-order valence-corrected chi connectivity index (χ3v) is 3.41. The summed E-state index contributed by atoms with van der Waals surface area (Å²) in [4.78, 5) is 10.3. The van der Waals surface area contributed by atoms with Crippen LogP contribution in [0.1, 0.15) is 77.6 Å². The van der Waals surface area contributed by atoms with E-state index in [1.807, 2.05) is 12.2 Å². The van der Waals surface area contributed by atoms with Gasteiger partial charge in [-0.05, 0) is 32.1 Å². The van der Waals surface area contributed by atoms with Gasteiger partial charge in [0.05, 0.1) is 6.10 Å². The molecule has 21 heavy (non-hydrogen) atoms. The van der Waals surface area contributed by atoms with Crippen LogP contribution in [0.5, 0.6) is 0 Å². The molecule has 0 rings (SSSR count). The van der Waals surface area contributed by atoms with Crippen LogP contribution in [0, 0.1) is 0 Å². The average Bonchev–Trinajstić information content (AvgIpc) is 2.45. The van der Waals surface area contributed by atoms with Crippen molar-refractivity contribution < 1.29 is 15.0 Å². The monoisotopic (exact) mass is 296 g/mol. The molecule has 0 saturated heterocycles. The Bertz CT molecular complexity index is 295. The first-order valence-corrected chi connectivity index (χ1v) is 8.38. The van der Waals surface area contributed by atoms with Crippen molar-refractivity contribution in [3.05, 3.63) is 24.3 Å². The number of aliphatic hydroxyl groups is 1. The van der Waals surface area contributed by atoms with E-state index < -0.39 is 12.1 Å². The number of unbranched alkanes of at least 4 members (excludes halogenated alkanes) is 6. The number of hydrogen-bond acceptors (Lipinski definition) is 2. The van der Waals surface area contributed by atoms with E-state index in [2.05, 4.69) is 19.1 Å². The highest BCUT2D eigenvalue weighted by molar-refractivity contribution is 5.66. The Balaban J connectivity index is 3.42. The van der Waals surface area contributed by atoms with Crippen LogP contribution in [0.4, 0.5) is 0 Å². The second-order valence-corrected chi connectivity index (χ2v) is 5.55. The average molecular weight is 296 g/mol. The van der Waals surface area contributed by atoms with Gasteiger partial charge in [-0.15, -0.1) is 0 Å². The van der Waals surface area contributed by atoms with Crippen LogP contribution in [-0.4, -0.2) is 22.3 Å². The molecule has 1 atom stereocenters. The fourth-order valence-corrected chi connectivity index (χ4v) is 2.12. The van der Waals surface area contributed by atoms with Crippen molar-refractivity contribution in [2.24, 2.45) is 0 Å². The Morgan fingerprint density at radius 2 is 1.76 bits per heavy atom. The highest BCUT2D eigenvalue weighted by Gasteiger charge is 2.00. The molecule has 2 N–H and O–H groups in total. The zero-order valence-corrected chi connectivity index (χ0v) is 13.5. The molecule has 3 nitrogen and oxygen atoms in total. The summed E-state index contributed by atoms with van der Waals surface area (Å²) in [6.07, 6.45) is 18.5. The van der Waals surface area contributed by atoms with Crippen molar-refractivity contribution >= 4 is 5.97 Å². The van der Waals surface area contributed by atoms with Crippen LogP contribution in [0.15, 0.2) is 24.3 Å². The van der Waals surface area contributed by atoms with Crippen molar-refractivity contribution in [3.63, 3.8) is 0 Å². The zero-order chi connectivity index (χ0) is 15.8. The van der Waals surface area contributed by atoms with Gasteiger partial charge < -0.3 is 10.2 Å². The Morgan fingerprint density at radius 3 is 2.48 bits per heavy atom. The highest BCUT2D eigenvalue weighted by atomic mass is 16.4. The predicted molar refractivity (Wildman–Crippen MR) is 88.4 cm³/mol.